The highest BCUT2D eigenvalue weighted by Gasteiger charge is 2.75. The summed E-state index contributed by atoms with van der Waals surface area (Å²) in [7, 11) is 1.25. The van der Waals surface area contributed by atoms with Gasteiger partial charge in [-0.05, 0) is 31.9 Å². The van der Waals surface area contributed by atoms with Gasteiger partial charge >= 0.3 is 17.9 Å². The van der Waals surface area contributed by atoms with Crippen molar-refractivity contribution in [3.05, 3.63) is 29.8 Å². The van der Waals surface area contributed by atoms with E-state index in [0.29, 0.717) is 6.42 Å². The first-order valence-corrected chi connectivity index (χ1v) is 8.37. The first-order chi connectivity index (χ1) is 12.1. The molecule has 1 saturated carbocycles. The van der Waals surface area contributed by atoms with Crippen LogP contribution >= 0.6 is 0 Å². The summed E-state index contributed by atoms with van der Waals surface area (Å²) in [5, 5.41) is 2.68. The Morgan fingerprint density at radius 2 is 1.73 bits per heavy atom. The molecule has 2 aliphatic rings. The number of esters is 3. The number of benzene rings is 1. The number of para-hydroxylation sites is 1. The van der Waals surface area contributed by atoms with E-state index in [1.54, 1.807) is 39.0 Å². The number of methoxy groups -OCH3 is 1. The number of carbonyl (C=O) groups is 4. The summed E-state index contributed by atoms with van der Waals surface area (Å²) in [4.78, 5) is 50.1. The Morgan fingerprint density at radius 3 is 2.38 bits per heavy atom. The van der Waals surface area contributed by atoms with Gasteiger partial charge in [0.05, 0.1) is 23.8 Å². The summed E-state index contributed by atoms with van der Waals surface area (Å²) in [6.07, 6.45) is 0.573. The third-order valence-electron chi connectivity index (χ3n) is 6.40. The van der Waals surface area contributed by atoms with Crippen LogP contribution in [0.3, 0.4) is 0 Å². The number of nitrogens with one attached hydrogen (secondary N) is 1. The van der Waals surface area contributed by atoms with Crippen LogP contribution < -0.4 is 5.32 Å². The maximum absolute atomic E-state index is 13.2. The van der Waals surface area contributed by atoms with E-state index in [1.807, 2.05) is 0 Å². The standard InChI is InChI=1S/C19H21NO6/c1-17(2)18(3)9-10-19(17,16(24)26-15(18)23)14(22)20-12-8-6-5-7-11(12)13(21)25-4/h5-8H,9-10H2,1-4H3,(H,20,22). The molecule has 0 aromatic heterocycles. The molecule has 1 aliphatic carbocycles. The molecular formula is C19H21NO6. The molecule has 0 spiro atoms. The second-order valence-electron chi connectivity index (χ2n) is 7.53. The van der Waals surface area contributed by atoms with Crippen LogP contribution in [0.5, 0.6) is 0 Å². The number of fused-ring (bicyclic) bond motifs is 2. The van der Waals surface area contributed by atoms with Crippen LogP contribution in [0.1, 0.15) is 44.0 Å². The third kappa shape index (κ3) is 2.06. The van der Waals surface area contributed by atoms with Gasteiger partial charge < -0.3 is 14.8 Å². The van der Waals surface area contributed by atoms with Gasteiger partial charge in [-0.15, -0.1) is 0 Å². The van der Waals surface area contributed by atoms with Gasteiger partial charge in [-0.3, -0.25) is 14.4 Å². The maximum Gasteiger partial charge on any atom is 0.339 e. The van der Waals surface area contributed by atoms with Crippen molar-refractivity contribution >= 4 is 29.5 Å². The fourth-order valence-corrected chi connectivity index (χ4v) is 4.13. The highest BCUT2D eigenvalue weighted by Crippen LogP contribution is 2.66. The predicted octanol–water partition coefficient (Wildman–Crippen LogP) is 2.31. The second-order valence-corrected chi connectivity index (χ2v) is 7.53. The predicted molar refractivity (Wildman–Crippen MR) is 91.1 cm³/mol. The average Bonchev–Trinajstić information content (AvgIpc) is 2.75. The van der Waals surface area contributed by atoms with Crippen molar-refractivity contribution in [1.82, 2.24) is 0 Å². The Kier molecular flexibility index (Phi) is 3.94. The fourth-order valence-electron chi connectivity index (χ4n) is 4.13. The number of cyclic esters (lactones) is 2. The van der Waals surface area contributed by atoms with Gasteiger partial charge in [-0.1, -0.05) is 26.0 Å². The lowest BCUT2D eigenvalue weighted by molar-refractivity contribution is -0.195. The van der Waals surface area contributed by atoms with Gasteiger partial charge in [-0.2, -0.15) is 0 Å². The molecule has 1 heterocycles. The van der Waals surface area contributed by atoms with Crippen molar-refractivity contribution in [3.8, 4) is 0 Å². The molecule has 1 aromatic rings. The van der Waals surface area contributed by atoms with Crippen LogP contribution in [0.25, 0.3) is 0 Å². The van der Waals surface area contributed by atoms with Crippen molar-refractivity contribution in [2.24, 2.45) is 16.2 Å². The smallest absolute Gasteiger partial charge is 0.339 e. The number of anilines is 1. The average molecular weight is 359 g/mol. The quantitative estimate of drug-likeness (QED) is 0.657. The lowest BCUT2D eigenvalue weighted by Gasteiger charge is -2.48. The molecule has 1 amide bonds. The fraction of sp³-hybridized carbons (Fsp3) is 0.474. The summed E-state index contributed by atoms with van der Waals surface area (Å²) < 4.78 is 9.67. The monoisotopic (exact) mass is 359 g/mol. The molecule has 7 heteroatoms. The van der Waals surface area contributed by atoms with Gasteiger partial charge in [0, 0.05) is 5.41 Å². The SMILES string of the molecule is COC(=O)c1ccccc1NC(=O)C12CCC(C)(C(=O)OC1=O)C2(C)C. The second kappa shape index (κ2) is 5.65. The van der Waals surface area contributed by atoms with E-state index in [9.17, 15) is 19.2 Å². The summed E-state index contributed by atoms with van der Waals surface area (Å²) in [5.74, 6) is -2.62. The molecule has 2 unspecified atom stereocenters. The Morgan fingerprint density at radius 1 is 1.08 bits per heavy atom. The van der Waals surface area contributed by atoms with Gasteiger partial charge in [0.1, 0.15) is 0 Å². The van der Waals surface area contributed by atoms with Crippen molar-refractivity contribution < 1.29 is 28.7 Å². The van der Waals surface area contributed by atoms with Gasteiger partial charge in [0.25, 0.3) is 0 Å². The lowest BCUT2D eigenvalue weighted by Crippen LogP contribution is -2.61. The molecule has 1 N–H and O–H groups in total. The first kappa shape index (κ1) is 18.1. The molecule has 1 saturated heterocycles. The number of amides is 1. The molecule has 7 nitrogen and oxygen atoms in total. The highest BCUT2D eigenvalue weighted by molar-refractivity contribution is 6.16. The minimum Gasteiger partial charge on any atom is -0.465 e. The third-order valence-corrected chi connectivity index (χ3v) is 6.40. The van der Waals surface area contributed by atoms with Crippen LogP contribution in [0, 0.1) is 16.2 Å². The zero-order valence-corrected chi connectivity index (χ0v) is 15.2. The van der Waals surface area contributed by atoms with Crippen LogP contribution in [0.4, 0.5) is 5.69 Å². The number of rotatable bonds is 3. The largest absolute Gasteiger partial charge is 0.465 e. The molecule has 2 atom stereocenters. The Hall–Kier alpha value is -2.70. The van der Waals surface area contributed by atoms with Gasteiger partial charge in [0.2, 0.25) is 5.91 Å². The first-order valence-electron chi connectivity index (χ1n) is 8.37. The number of carbonyl (C=O) groups excluding carboxylic acids is 4. The molecule has 1 aromatic carbocycles. The Bertz CT molecular complexity index is 829. The lowest BCUT2D eigenvalue weighted by atomic mass is 9.57. The summed E-state index contributed by atoms with van der Waals surface area (Å²) in [6, 6.07) is 6.38. The van der Waals surface area contributed by atoms with Crippen molar-refractivity contribution in [2.75, 3.05) is 12.4 Å². The molecule has 0 radical (unpaired) electrons. The van der Waals surface area contributed by atoms with Crippen LogP contribution in [-0.2, 0) is 23.9 Å². The molecular weight excluding hydrogens is 338 g/mol. The van der Waals surface area contributed by atoms with Crippen LogP contribution in [-0.4, -0.2) is 30.9 Å². The zero-order valence-electron chi connectivity index (χ0n) is 15.2. The minimum atomic E-state index is -1.50. The van der Waals surface area contributed by atoms with Gasteiger partial charge in [0.15, 0.2) is 5.41 Å². The van der Waals surface area contributed by atoms with E-state index in [4.69, 9.17) is 9.47 Å². The maximum atomic E-state index is 13.2. The topological polar surface area (TPSA) is 98.8 Å². The van der Waals surface area contributed by atoms with Crippen LogP contribution in [0.15, 0.2) is 24.3 Å². The van der Waals surface area contributed by atoms with E-state index >= 15 is 0 Å². The molecule has 3 rings (SSSR count). The van der Waals surface area contributed by atoms with Crippen molar-refractivity contribution in [2.45, 2.75) is 33.6 Å². The van der Waals surface area contributed by atoms with Crippen LogP contribution in [0.2, 0.25) is 0 Å². The summed E-state index contributed by atoms with van der Waals surface area (Å²) >= 11 is 0. The summed E-state index contributed by atoms with van der Waals surface area (Å²) in [6.45, 7) is 5.20. The number of hydrogen-bond acceptors (Lipinski definition) is 6. The van der Waals surface area contributed by atoms with E-state index in [-0.39, 0.29) is 17.7 Å². The highest BCUT2D eigenvalue weighted by atomic mass is 16.6. The molecule has 2 bridgehead atoms. The Balaban J connectivity index is 2.02. The van der Waals surface area contributed by atoms with Crippen molar-refractivity contribution in [3.63, 3.8) is 0 Å². The van der Waals surface area contributed by atoms with E-state index < -0.39 is 40.1 Å². The van der Waals surface area contributed by atoms with Crippen molar-refractivity contribution in [1.29, 1.82) is 0 Å². The van der Waals surface area contributed by atoms with E-state index in [2.05, 4.69) is 5.32 Å². The molecule has 2 fully saturated rings. The number of ether oxygens (including phenoxy) is 2. The van der Waals surface area contributed by atoms with E-state index in [0.717, 1.165) is 0 Å². The Labute approximate surface area is 151 Å². The van der Waals surface area contributed by atoms with E-state index in [1.165, 1.54) is 13.2 Å². The zero-order chi connectivity index (χ0) is 19.3. The minimum absolute atomic E-state index is 0.179. The number of hydrogen-bond donors (Lipinski definition) is 1. The summed E-state index contributed by atoms with van der Waals surface area (Å²) in [5.41, 5.74) is -2.94. The molecule has 1 aliphatic heterocycles. The van der Waals surface area contributed by atoms with Gasteiger partial charge in [-0.25, -0.2) is 4.79 Å². The molecule has 138 valence electrons. The normalized spacial score (nSPS) is 29.1. The molecule has 26 heavy (non-hydrogen) atoms.